The van der Waals surface area contributed by atoms with E-state index in [1.807, 2.05) is 54.7 Å². The summed E-state index contributed by atoms with van der Waals surface area (Å²) < 4.78 is 5.28. The number of nitriles is 1. The Morgan fingerprint density at radius 3 is 2.88 bits per heavy atom. The highest BCUT2D eigenvalue weighted by Gasteiger charge is 2.10. The second kappa shape index (κ2) is 5.60. The van der Waals surface area contributed by atoms with Crippen LogP contribution in [-0.2, 0) is 0 Å². The van der Waals surface area contributed by atoms with Gasteiger partial charge in [0.05, 0.1) is 23.7 Å². The van der Waals surface area contributed by atoms with E-state index < -0.39 is 0 Å². The standard InChI is InChI=1S/C19H14N4O/c1-24-14-6-7-16-15(9-14)13(11-21-16)8-12(10-20)19-22-17-4-2-3-5-18(17)23-19/h2-9,11,21H,1H3,(H,22,23)/b12-8+. The minimum Gasteiger partial charge on any atom is -0.497 e. The van der Waals surface area contributed by atoms with Crippen LogP contribution in [0.3, 0.4) is 0 Å². The fraction of sp³-hybridized carbons (Fsp3) is 0.0526. The minimum atomic E-state index is 0.481. The first kappa shape index (κ1) is 14.1. The van der Waals surface area contributed by atoms with Gasteiger partial charge in [-0.3, -0.25) is 0 Å². The van der Waals surface area contributed by atoms with Gasteiger partial charge in [-0.25, -0.2) is 4.98 Å². The smallest absolute Gasteiger partial charge is 0.149 e. The number of aromatic nitrogens is 3. The van der Waals surface area contributed by atoms with Gasteiger partial charge in [-0.05, 0) is 36.4 Å². The summed E-state index contributed by atoms with van der Waals surface area (Å²) in [4.78, 5) is 10.9. The molecule has 0 saturated carbocycles. The molecule has 0 fully saturated rings. The summed E-state index contributed by atoms with van der Waals surface area (Å²) in [6.07, 6.45) is 3.71. The van der Waals surface area contributed by atoms with Gasteiger partial charge in [0.25, 0.3) is 0 Å². The predicted molar refractivity (Wildman–Crippen MR) is 94.4 cm³/mol. The Labute approximate surface area is 138 Å². The topological polar surface area (TPSA) is 77.5 Å². The lowest BCUT2D eigenvalue weighted by Crippen LogP contribution is -1.85. The summed E-state index contributed by atoms with van der Waals surface area (Å²) >= 11 is 0. The van der Waals surface area contributed by atoms with Crippen molar-refractivity contribution in [1.29, 1.82) is 5.26 Å². The molecule has 2 N–H and O–H groups in total. The quantitative estimate of drug-likeness (QED) is 0.558. The minimum absolute atomic E-state index is 0.481. The number of methoxy groups -OCH3 is 1. The number of rotatable bonds is 3. The number of imidazole rings is 1. The van der Waals surface area contributed by atoms with Gasteiger partial charge in [0.1, 0.15) is 17.6 Å². The molecule has 0 aliphatic carbocycles. The highest BCUT2D eigenvalue weighted by molar-refractivity contribution is 5.98. The highest BCUT2D eigenvalue weighted by Crippen LogP contribution is 2.27. The zero-order chi connectivity index (χ0) is 16.5. The number of ether oxygens (including phenoxy) is 1. The molecule has 0 bridgehead atoms. The predicted octanol–water partition coefficient (Wildman–Crippen LogP) is 4.12. The molecule has 116 valence electrons. The van der Waals surface area contributed by atoms with Crippen LogP contribution >= 0.6 is 0 Å². The van der Waals surface area contributed by atoms with E-state index in [0.29, 0.717) is 11.4 Å². The summed E-state index contributed by atoms with van der Waals surface area (Å²) in [6.45, 7) is 0. The second-order valence-corrected chi connectivity index (χ2v) is 5.43. The average Bonchev–Trinajstić information content (AvgIpc) is 3.22. The molecule has 0 amide bonds. The second-order valence-electron chi connectivity index (χ2n) is 5.43. The molecular weight excluding hydrogens is 300 g/mol. The number of nitrogens with zero attached hydrogens (tertiary/aromatic N) is 2. The van der Waals surface area contributed by atoms with Crippen molar-refractivity contribution in [2.75, 3.05) is 7.11 Å². The number of para-hydroxylation sites is 2. The SMILES string of the molecule is COc1ccc2[nH]cc(/C=C(\C#N)c3nc4ccccc4[nH]3)c2c1. The monoisotopic (exact) mass is 314 g/mol. The maximum Gasteiger partial charge on any atom is 0.149 e. The number of nitrogens with one attached hydrogen (secondary N) is 2. The zero-order valence-corrected chi connectivity index (χ0v) is 13.0. The lowest BCUT2D eigenvalue weighted by molar-refractivity contribution is 0.415. The van der Waals surface area contributed by atoms with E-state index in [0.717, 1.165) is 33.2 Å². The molecule has 4 rings (SSSR count). The molecule has 0 aliphatic heterocycles. The maximum absolute atomic E-state index is 9.56. The third-order valence-corrected chi connectivity index (χ3v) is 3.99. The van der Waals surface area contributed by atoms with Gasteiger partial charge in [-0.15, -0.1) is 0 Å². The van der Waals surface area contributed by atoms with Crippen LogP contribution in [0.1, 0.15) is 11.4 Å². The van der Waals surface area contributed by atoms with Crippen molar-refractivity contribution in [2.24, 2.45) is 0 Å². The molecule has 0 spiro atoms. The van der Waals surface area contributed by atoms with Crippen LogP contribution in [0.15, 0.2) is 48.7 Å². The number of aromatic amines is 2. The third kappa shape index (κ3) is 2.31. The average molecular weight is 314 g/mol. The molecule has 5 heteroatoms. The number of hydrogen-bond donors (Lipinski definition) is 2. The normalized spacial score (nSPS) is 11.8. The summed E-state index contributed by atoms with van der Waals surface area (Å²) in [6, 6.07) is 15.8. The Morgan fingerprint density at radius 1 is 1.21 bits per heavy atom. The molecule has 0 aliphatic rings. The van der Waals surface area contributed by atoms with Crippen LogP contribution < -0.4 is 4.74 Å². The molecule has 24 heavy (non-hydrogen) atoms. The number of hydrogen-bond acceptors (Lipinski definition) is 3. The summed E-state index contributed by atoms with van der Waals surface area (Å²) in [7, 11) is 1.64. The molecule has 0 atom stereocenters. The summed E-state index contributed by atoms with van der Waals surface area (Å²) in [5.41, 5.74) is 4.14. The number of benzene rings is 2. The van der Waals surface area contributed by atoms with Crippen LogP contribution in [0, 0.1) is 11.3 Å². The van der Waals surface area contributed by atoms with E-state index in [-0.39, 0.29) is 0 Å². The van der Waals surface area contributed by atoms with Crippen LogP contribution in [-0.4, -0.2) is 22.1 Å². The number of fused-ring (bicyclic) bond motifs is 2. The molecule has 2 aromatic carbocycles. The van der Waals surface area contributed by atoms with Gasteiger partial charge in [0, 0.05) is 22.7 Å². The first-order valence-corrected chi connectivity index (χ1v) is 7.50. The Morgan fingerprint density at radius 2 is 2.08 bits per heavy atom. The molecule has 0 unspecified atom stereocenters. The van der Waals surface area contributed by atoms with Crippen LogP contribution in [0.5, 0.6) is 5.75 Å². The van der Waals surface area contributed by atoms with Crippen molar-refractivity contribution < 1.29 is 4.74 Å². The van der Waals surface area contributed by atoms with Crippen molar-refractivity contribution >= 4 is 33.6 Å². The van der Waals surface area contributed by atoms with E-state index >= 15 is 0 Å². The van der Waals surface area contributed by atoms with Gasteiger partial charge in [0.2, 0.25) is 0 Å². The van der Waals surface area contributed by atoms with Gasteiger partial charge in [-0.1, -0.05) is 12.1 Å². The van der Waals surface area contributed by atoms with Gasteiger partial charge in [-0.2, -0.15) is 5.26 Å². The Kier molecular flexibility index (Phi) is 3.29. The van der Waals surface area contributed by atoms with Gasteiger partial charge >= 0.3 is 0 Å². The van der Waals surface area contributed by atoms with Crippen molar-refractivity contribution in [2.45, 2.75) is 0 Å². The largest absolute Gasteiger partial charge is 0.497 e. The maximum atomic E-state index is 9.56. The molecule has 0 saturated heterocycles. The van der Waals surface area contributed by atoms with Crippen molar-refractivity contribution in [3.8, 4) is 11.8 Å². The third-order valence-electron chi connectivity index (χ3n) is 3.99. The molecular formula is C19H14N4O. The molecule has 2 aromatic heterocycles. The van der Waals surface area contributed by atoms with Crippen molar-refractivity contribution in [3.05, 3.63) is 60.0 Å². The Bertz CT molecular complexity index is 1080. The molecule has 2 heterocycles. The summed E-state index contributed by atoms with van der Waals surface area (Å²) in [5.74, 6) is 1.34. The van der Waals surface area contributed by atoms with E-state index in [4.69, 9.17) is 4.74 Å². The van der Waals surface area contributed by atoms with Crippen LogP contribution in [0.25, 0.3) is 33.6 Å². The van der Waals surface area contributed by atoms with Gasteiger partial charge < -0.3 is 14.7 Å². The van der Waals surface area contributed by atoms with E-state index in [2.05, 4.69) is 21.0 Å². The first-order chi connectivity index (χ1) is 11.8. The van der Waals surface area contributed by atoms with Crippen molar-refractivity contribution in [1.82, 2.24) is 15.0 Å². The van der Waals surface area contributed by atoms with Crippen LogP contribution in [0.2, 0.25) is 0 Å². The fourth-order valence-corrected chi connectivity index (χ4v) is 2.76. The molecule has 0 radical (unpaired) electrons. The summed E-state index contributed by atoms with van der Waals surface area (Å²) in [5, 5.41) is 10.6. The lowest BCUT2D eigenvalue weighted by atomic mass is 10.1. The van der Waals surface area contributed by atoms with Gasteiger partial charge in [0.15, 0.2) is 0 Å². The fourth-order valence-electron chi connectivity index (χ4n) is 2.76. The Balaban J connectivity index is 1.84. The van der Waals surface area contributed by atoms with Crippen LogP contribution in [0.4, 0.5) is 0 Å². The molecule has 5 nitrogen and oxygen atoms in total. The van der Waals surface area contributed by atoms with E-state index in [1.165, 1.54) is 0 Å². The zero-order valence-electron chi connectivity index (χ0n) is 13.0. The Hall–Kier alpha value is -3.52. The molecule has 4 aromatic rings. The highest BCUT2D eigenvalue weighted by atomic mass is 16.5. The van der Waals surface area contributed by atoms with Crippen molar-refractivity contribution in [3.63, 3.8) is 0 Å². The van der Waals surface area contributed by atoms with E-state index in [9.17, 15) is 5.26 Å². The lowest BCUT2D eigenvalue weighted by Gasteiger charge is -2.00. The van der Waals surface area contributed by atoms with E-state index in [1.54, 1.807) is 7.11 Å². The number of H-pyrrole nitrogens is 2. The number of allylic oxidation sites excluding steroid dienone is 1. The first-order valence-electron chi connectivity index (χ1n) is 7.50.